The lowest BCUT2D eigenvalue weighted by Crippen LogP contribution is -2.28. The van der Waals surface area contributed by atoms with Crippen LogP contribution >= 0.6 is 0 Å². The van der Waals surface area contributed by atoms with Gasteiger partial charge in [-0.2, -0.15) is 0 Å². The van der Waals surface area contributed by atoms with Crippen molar-refractivity contribution in [3.63, 3.8) is 0 Å². The first-order valence-electron chi connectivity index (χ1n) is 21.8. The van der Waals surface area contributed by atoms with Gasteiger partial charge >= 0.3 is 0 Å². The van der Waals surface area contributed by atoms with E-state index in [1.165, 1.54) is 71.9 Å². The summed E-state index contributed by atoms with van der Waals surface area (Å²) in [6, 6.07) is 93.3. The summed E-state index contributed by atoms with van der Waals surface area (Å²) in [4.78, 5) is 2.45. The quantitative estimate of drug-likeness (QED) is 0.149. The molecule has 12 rings (SSSR count). The van der Waals surface area contributed by atoms with Crippen molar-refractivity contribution in [2.45, 2.75) is 5.41 Å². The number of hydrogen-bond acceptors (Lipinski definition) is 1. The van der Waals surface area contributed by atoms with Crippen LogP contribution in [-0.2, 0) is 5.41 Å². The van der Waals surface area contributed by atoms with Gasteiger partial charge in [0.2, 0.25) is 0 Å². The average Bonchev–Trinajstić information content (AvgIpc) is 3.86. The molecule has 0 amide bonds. The maximum atomic E-state index is 2.45. The summed E-state index contributed by atoms with van der Waals surface area (Å²) in [6.07, 6.45) is 0. The minimum Gasteiger partial charge on any atom is -0.310 e. The van der Waals surface area contributed by atoms with Crippen LogP contribution in [0.4, 0.5) is 17.1 Å². The Kier molecular flexibility index (Phi) is 8.76. The third-order valence-corrected chi connectivity index (χ3v) is 13.0. The van der Waals surface area contributed by atoms with Crippen molar-refractivity contribution in [1.29, 1.82) is 0 Å². The second-order valence-electron chi connectivity index (χ2n) is 16.4. The lowest BCUT2D eigenvalue weighted by Gasteiger charge is -2.35. The molecule has 10 aromatic carbocycles. The molecule has 63 heavy (non-hydrogen) atoms. The minimum absolute atomic E-state index is 0.528. The third-order valence-electron chi connectivity index (χ3n) is 13.0. The van der Waals surface area contributed by atoms with Gasteiger partial charge < -0.3 is 9.47 Å². The molecule has 1 aliphatic rings. The Morgan fingerprint density at radius 2 is 0.825 bits per heavy atom. The number of rotatable bonds is 8. The molecule has 0 N–H and O–H groups in total. The number of nitrogens with zero attached hydrogens (tertiary/aromatic N) is 2. The van der Waals surface area contributed by atoms with E-state index >= 15 is 0 Å². The van der Waals surface area contributed by atoms with Crippen LogP contribution in [0, 0.1) is 0 Å². The fraction of sp³-hybridized carbons (Fsp3) is 0.0164. The van der Waals surface area contributed by atoms with E-state index in [4.69, 9.17) is 0 Å². The second kappa shape index (κ2) is 15.1. The minimum atomic E-state index is -0.528. The highest BCUT2D eigenvalue weighted by molar-refractivity contribution is 6.16. The SMILES string of the molecule is c1ccc(-c2cccc(N(c3cccc(C4(c5ccccc5)c5ccccc5-c5ccccc54)c3)c3ccc4c5c(-c6ccccc6)cccc5n(-c5ccccc5)c4c3)c2)cc1. The van der Waals surface area contributed by atoms with Crippen molar-refractivity contribution >= 4 is 38.9 Å². The molecule has 1 heterocycles. The predicted octanol–water partition coefficient (Wildman–Crippen LogP) is 16.0. The van der Waals surface area contributed by atoms with Crippen molar-refractivity contribution < 1.29 is 0 Å². The van der Waals surface area contributed by atoms with Crippen molar-refractivity contribution in [3.05, 3.63) is 277 Å². The van der Waals surface area contributed by atoms with E-state index in [0.717, 1.165) is 28.3 Å². The van der Waals surface area contributed by atoms with Gasteiger partial charge in [-0.25, -0.2) is 0 Å². The number of aromatic nitrogens is 1. The van der Waals surface area contributed by atoms with Crippen LogP contribution in [0.1, 0.15) is 22.3 Å². The molecule has 0 fully saturated rings. The largest absolute Gasteiger partial charge is 0.310 e. The Hall–Kier alpha value is -8.20. The van der Waals surface area contributed by atoms with Gasteiger partial charge in [0.25, 0.3) is 0 Å². The summed E-state index contributed by atoms with van der Waals surface area (Å²) in [5.41, 5.74) is 18.6. The van der Waals surface area contributed by atoms with Crippen molar-refractivity contribution in [1.82, 2.24) is 4.57 Å². The fourth-order valence-corrected chi connectivity index (χ4v) is 10.4. The van der Waals surface area contributed by atoms with Gasteiger partial charge in [0.15, 0.2) is 0 Å². The Morgan fingerprint density at radius 3 is 1.52 bits per heavy atom. The number of hydrogen-bond donors (Lipinski definition) is 0. The molecular weight excluding hydrogens is 761 g/mol. The third kappa shape index (κ3) is 5.87. The molecule has 1 aromatic heterocycles. The lowest BCUT2D eigenvalue weighted by molar-refractivity contribution is 0.768. The fourth-order valence-electron chi connectivity index (χ4n) is 10.4. The summed E-state index contributed by atoms with van der Waals surface area (Å²) < 4.78 is 2.44. The van der Waals surface area contributed by atoms with Crippen molar-refractivity contribution in [3.8, 4) is 39.1 Å². The zero-order chi connectivity index (χ0) is 41.7. The molecule has 2 nitrogen and oxygen atoms in total. The smallest absolute Gasteiger partial charge is 0.0714 e. The number of fused-ring (bicyclic) bond motifs is 6. The van der Waals surface area contributed by atoms with Crippen molar-refractivity contribution in [2.24, 2.45) is 0 Å². The van der Waals surface area contributed by atoms with E-state index in [-0.39, 0.29) is 0 Å². The molecule has 1 aliphatic carbocycles. The molecule has 0 radical (unpaired) electrons. The summed E-state index contributed by atoms with van der Waals surface area (Å²) in [7, 11) is 0. The maximum Gasteiger partial charge on any atom is 0.0714 e. The van der Waals surface area contributed by atoms with Crippen LogP contribution in [-0.4, -0.2) is 4.57 Å². The van der Waals surface area contributed by atoms with Gasteiger partial charge in [-0.1, -0.05) is 200 Å². The zero-order valence-electron chi connectivity index (χ0n) is 34.6. The van der Waals surface area contributed by atoms with Gasteiger partial charge in [0.05, 0.1) is 16.4 Å². The Morgan fingerprint density at radius 1 is 0.317 bits per heavy atom. The maximum absolute atomic E-state index is 2.45. The lowest BCUT2D eigenvalue weighted by atomic mass is 9.67. The normalized spacial score (nSPS) is 12.6. The van der Waals surface area contributed by atoms with E-state index in [0.29, 0.717) is 0 Å². The first-order valence-corrected chi connectivity index (χ1v) is 21.8. The summed E-state index contributed by atoms with van der Waals surface area (Å²) in [5, 5.41) is 2.46. The van der Waals surface area contributed by atoms with E-state index in [1.54, 1.807) is 0 Å². The number of benzene rings is 10. The Labute approximate surface area is 368 Å². The molecule has 2 heteroatoms. The predicted molar refractivity (Wildman–Crippen MR) is 264 cm³/mol. The topological polar surface area (TPSA) is 8.17 Å². The molecule has 0 bridgehead atoms. The summed E-state index contributed by atoms with van der Waals surface area (Å²) in [6.45, 7) is 0. The van der Waals surface area contributed by atoms with Crippen LogP contribution < -0.4 is 4.90 Å². The standard InChI is InChI=1S/C61H42N2/c1-5-20-43(21-6-1)45-24-17-30-49(40-45)62(50-31-18-27-47(41-50)61(46-25-9-3-10-26-46)56-35-15-13-32-53(56)54-33-14-16-36-57(54)61)51-38-39-55-59(42-51)63(48-28-11-4-12-29-48)58-37-19-34-52(60(55)58)44-22-7-2-8-23-44/h1-42H. The van der Waals surface area contributed by atoms with Crippen LogP contribution in [0.3, 0.4) is 0 Å². The number of anilines is 3. The molecule has 0 spiro atoms. The van der Waals surface area contributed by atoms with Crippen LogP contribution in [0.5, 0.6) is 0 Å². The van der Waals surface area contributed by atoms with Gasteiger partial charge in [0, 0.05) is 33.5 Å². The molecule has 0 saturated heterocycles. The zero-order valence-corrected chi connectivity index (χ0v) is 34.6. The molecular formula is C61H42N2. The molecule has 0 saturated carbocycles. The molecule has 0 unspecified atom stereocenters. The van der Waals surface area contributed by atoms with Crippen molar-refractivity contribution in [2.75, 3.05) is 4.90 Å². The first kappa shape index (κ1) is 36.6. The second-order valence-corrected chi connectivity index (χ2v) is 16.4. The number of para-hydroxylation sites is 1. The summed E-state index contributed by atoms with van der Waals surface area (Å²) in [5.74, 6) is 0. The Balaban J connectivity index is 1.13. The molecule has 0 aliphatic heterocycles. The van der Waals surface area contributed by atoms with E-state index < -0.39 is 5.41 Å². The average molecular weight is 803 g/mol. The Bertz CT molecular complexity index is 3400. The van der Waals surface area contributed by atoms with Gasteiger partial charge in [0.1, 0.15) is 0 Å². The molecule has 296 valence electrons. The summed E-state index contributed by atoms with van der Waals surface area (Å²) >= 11 is 0. The van der Waals surface area contributed by atoms with Gasteiger partial charge in [-0.05, 0) is 110 Å². The van der Waals surface area contributed by atoms with E-state index in [2.05, 4.69) is 264 Å². The van der Waals surface area contributed by atoms with Gasteiger partial charge in [-0.15, -0.1) is 0 Å². The highest BCUT2D eigenvalue weighted by atomic mass is 15.1. The molecule has 0 atom stereocenters. The van der Waals surface area contributed by atoms with Crippen LogP contribution in [0.2, 0.25) is 0 Å². The van der Waals surface area contributed by atoms with E-state index in [9.17, 15) is 0 Å². The van der Waals surface area contributed by atoms with Gasteiger partial charge in [-0.3, -0.25) is 0 Å². The first-order chi connectivity index (χ1) is 31.3. The highest BCUT2D eigenvalue weighted by Crippen LogP contribution is 2.56. The van der Waals surface area contributed by atoms with Crippen LogP contribution in [0.25, 0.3) is 60.9 Å². The van der Waals surface area contributed by atoms with E-state index in [1.807, 2.05) is 0 Å². The highest BCUT2D eigenvalue weighted by Gasteiger charge is 2.46. The molecule has 11 aromatic rings. The van der Waals surface area contributed by atoms with Crippen LogP contribution in [0.15, 0.2) is 255 Å². The monoisotopic (exact) mass is 802 g/mol.